The average molecular weight is 234 g/mol. The summed E-state index contributed by atoms with van der Waals surface area (Å²) in [6.07, 6.45) is 8.42. The van der Waals surface area contributed by atoms with Crippen molar-refractivity contribution in [3.63, 3.8) is 0 Å². The quantitative estimate of drug-likeness (QED) is 0.469. The van der Waals surface area contributed by atoms with E-state index in [-0.39, 0.29) is 6.04 Å². The Morgan fingerprint density at radius 2 is 2.29 bits per heavy atom. The smallest absolute Gasteiger partial charge is 0.216 e. The molecule has 5 heteroatoms. The van der Waals surface area contributed by atoms with Crippen LogP contribution in [0.15, 0.2) is 24.0 Å². The lowest BCUT2D eigenvalue weighted by molar-refractivity contribution is 0.394. The number of hydrogen-bond donors (Lipinski definition) is 2. The SMILES string of the molecule is COc1cc(C(NN)C2=CCCCC2)ncn1. The molecule has 92 valence electrons. The fourth-order valence-corrected chi connectivity index (χ4v) is 2.13. The van der Waals surface area contributed by atoms with Gasteiger partial charge in [0.2, 0.25) is 5.88 Å². The highest BCUT2D eigenvalue weighted by atomic mass is 16.5. The van der Waals surface area contributed by atoms with E-state index in [1.165, 1.54) is 24.7 Å². The third kappa shape index (κ3) is 2.81. The lowest BCUT2D eigenvalue weighted by Gasteiger charge is -2.22. The first-order valence-corrected chi connectivity index (χ1v) is 5.86. The first-order valence-electron chi connectivity index (χ1n) is 5.86. The molecule has 0 amide bonds. The number of nitrogens with zero attached hydrogens (tertiary/aromatic N) is 2. The number of methoxy groups -OCH3 is 1. The van der Waals surface area contributed by atoms with Crippen LogP contribution in [0.5, 0.6) is 5.88 Å². The van der Waals surface area contributed by atoms with Gasteiger partial charge in [-0.05, 0) is 25.7 Å². The van der Waals surface area contributed by atoms with Gasteiger partial charge in [-0.1, -0.05) is 11.6 Å². The molecule has 1 aliphatic rings. The number of hydrogen-bond acceptors (Lipinski definition) is 5. The third-order valence-corrected chi connectivity index (χ3v) is 3.03. The van der Waals surface area contributed by atoms with Gasteiger partial charge in [0.25, 0.3) is 0 Å². The van der Waals surface area contributed by atoms with Crippen LogP contribution >= 0.6 is 0 Å². The molecule has 2 rings (SSSR count). The summed E-state index contributed by atoms with van der Waals surface area (Å²) in [4.78, 5) is 8.26. The lowest BCUT2D eigenvalue weighted by atomic mass is 9.92. The normalized spacial score (nSPS) is 17.4. The van der Waals surface area contributed by atoms with Crippen molar-refractivity contribution in [1.82, 2.24) is 15.4 Å². The van der Waals surface area contributed by atoms with Gasteiger partial charge in [0.15, 0.2) is 0 Å². The molecule has 0 aliphatic heterocycles. The maximum atomic E-state index is 5.64. The van der Waals surface area contributed by atoms with Gasteiger partial charge in [-0.3, -0.25) is 5.84 Å². The Kier molecular flexibility index (Phi) is 4.06. The maximum absolute atomic E-state index is 5.64. The minimum atomic E-state index is -0.0350. The molecule has 1 aromatic heterocycles. The minimum Gasteiger partial charge on any atom is -0.481 e. The van der Waals surface area contributed by atoms with E-state index in [1.807, 2.05) is 6.07 Å². The molecule has 0 radical (unpaired) electrons. The monoisotopic (exact) mass is 234 g/mol. The Bertz CT molecular complexity index is 405. The zero-order valence-corrected chi connectivity index (χ0v) is 10.0. The number of ether oxygens (including phenoxy) is 1. The van der Waals surface area contributed by atoms with Crippen molar-refractivity contribution in [1.29, 1.82) is 0 Å². The number of aromatic nitrogens is 2. The summed E-state index contributed by atoms with van der Waals surface area (Å²) in [6, 6.07) is 1.78. The van der Waals surface area contributed by atoms with Crippen LogP contribution in [0, 0.1) is 0 Å². The van der Waals surface area contributed by atoms with E-state index in [2.05, 4.69) is 21.5 Å². The molecule has 0 bridgehead atoms. The molecular formula is C12H18N4O. The van der Waals surface area contributed by atoms with E-state index in [0.29, 0.717) is 5.88 Å². The fraction of sp³-hybridized carbons (Fsp3) is 0.500. The van der Waals surface area contributed by atoms with E-state index < -0.39 is 0 Å². The zero-order chi connectivity index (χ0) is 12.1. The summed E-state index contributed by atoms with van der Waals surface area (Å²) in [5.41, 5.74) is 4.98. The summed E-state index contributed by atoms with van der Waals surface area (Å²) in [7, 11) is 1.59. The minimum absolute atomic E-state index is 0.0350. The maximum Gasteiger partial charge on any atom is 0.216 e. The first kappa shape index (κ1) is 12.0. The number of allylic oxidation sites excluding steroid dienone is 1. The van der Waals surface area contributed by atoms with Crippen LogP contribution in [0.2, 0.25) is 0 Å². The van der Waals surface area contributed by atoms with Crippen LogP contribution in [0.25, 0.3) is 0 Å². The number of nitrogens with one attached hydrogen (secondary N) is 1. The summed E-state index contributed by atoms with van der Waals surface area (Å²) in [6.45, 7) is 0. The van der Waals surface area contributed by atoms with Gasteiger partial charge in [-0.2, -0.15) is 0 Å². The Labute approximate surface area is 101 Å². The standard InChI is InChI=1S/C12H18N4O/c1-17-11-7-10(14-8-15-11)12(16-13)9-5-3-2-4-6-9/h5,7-8,12,16H,2-4,6,13H2,1H3. The van der Waals surface area contributed by atoms with Crippen molar-refractivity contribution in [2.24, 2.45) is 5.84 Å². The molecule has 1 heterocycles. The predicted octanol–water partition coefficient (Wildman–Crippen LogP) is 1.49. The highest BCUT2D eigenvalue weighted by molar-refractivity contribution is 5.26. The Balaban J connectivity index is 2.24. The second kappa shape index (κ2) is 5.75. The molecule has 5 nitrogen and oxygen atoms in total. The van der Waals surface area contributed by atoms with Crippen molar-refractivity contribution in [3.8, 4) is 5.88 Å². The van der Waals surface area contributed by atoms with E-state index in [0.717, 1.165) is 18.5 Å². The molecule has 17 heavy (non-hydrogen) atoms. The predicted molar refractivity (Wildman–Crippen MR) is 65.2 cm³/mol. The molecule has 3 N–H and O–H groups in total. The fourth-order valence-electron chi connectivity index (χ4n) is 2.13. The van der Waals surface area contributed by atoms with Crippen LogP contribution in [0.4, 0.5) is 0 Å². The molecule has 1 atom stereocenters. The molecule has 1 unspecified atom stereocenters. The highest BCUT2D eigenvalue weighted by Gasteiger charge is 2.18. The Morgan fingerprint density at radius 3 is 2.94 bits per heavy atom. The van der Waals surface area contributed by atoms with Crippen molar-refractivity contribution < 1.29 is 4.74 Å². The molecule has 0 aromatic carbocycles. The molecule has 1 aliphatic carbocycles. The van der Waals surface area contributed by atoms with Gasteiger partial charge in [0, 0.05) is 6.07 Å². The third-order valence-electron chi connectivity index (χ3n) is 3.03. The van der Waals surface area contributed by atoms with Gasteiger partial charge in [-0.25, -0.2) is 15.4 Å². The molecule has 0 saturated carbocycles. The van der Waals surface area contributed by atoms with Gasteiger partial charge in [-0.15, -0.1) is 0 Å². The largest absolute Gasteiger partial charge is 0.481 e. The Morgan fingerprint density at radius 1 is 1.41 bits per heavy atom. The van der Waals surface area contributed by atoms with Crippen LogP contribution in [-0.2, 0) is 0 Å². The summed E-state index contributed by atoms with van der Waals surface area (Å²) in [5.74, 6) is 6.20. The Hall–Kier alpha value is -1.46. The second-order valence-electron chi connectivity index (χ2n) is 4.11. The van der Waals surface area contributed by atoms with Crippen molar-refractivity contribution in [3.05, 3.63) is 29.7 Å². The van der Waals surface area contributed by atoms with Gasteiger partial charge < -0.3 is 4.74 Å². The second-order valence-corrected chi connectivity index (χ2v) is 4.11. The zero-order valence-electron chi connectivity index (χ0n) is 10.0. The van der Waals surface area contributed by atoms with Gasteiger partial charge >= 0.3 is 0 Å². The summed E-state index contributed by atoms with van der Waals surface area (Å²) < 4.78 is 5.10. The molecule has 0 fully saturated rings. The van der Waals surface area contributed by atoms with Gasteiger partial charge in [0.05, 0.1) is 18.8 Å². The summed E-state index contributed by atoms with van der Waals surface area (Å²) in [5, 5.41) is 0. The molecular weight excluding hydrogens is 216 g/mol. The van der Waals surface area contributed by atoms with Crippen LogP contribution in [-0.4, -0.2) is 17.1 Å². The molecule has 0 saturated heterocycles. The van der Waals surface area contributed by atoms with E-state index >= 15 is 0 Å². The average Bonchev–Trinajstić information content (AvgIpc) is 2.41. The van der Waals surface area contributed by atoms with Crippen LogP contribution < -0.4 is 16.0 Å². The molecule has 0 spiro atoms. The van der Waals surface area contributed by atoms with Crippen LogP contribution in [0.3, 0.4) is 0 Å². The van der Waals surface area contributed by atoms with Crippen molar-refractivity contribution >= 4 is 0 Å². The highest BCUT2D eigenvalue weighted by Crippen LogP contribution is 2.28. The van der Waals surface area contributed by atoms with E-state index in [9.17, 15) is 0 Å². The van der Waals surface area contributed by atoms with E-state index in [1.54, 1.807) is 7.11 Å². The number of nitrogens with two attached hydrogens (primary N) is 1. The van der Waals surface area contributed by atoms with Crippen molar-refractivity contribution in [2.75, 3.05) is 7.11 Å². The first-order chi connectivity index (χ1) is 8.35. The molecule has 1 aromatic rings. The van der Waals surface area contributed by atoms with Crippen molar-refractivity contribution in [2.45, 2.75) is 31.7 Å². The number of rotatable bonds is 4. The number of hydrazine groups is 1. The lowest BCUT2D eigenvalue weighted by Crippen LogP contribution is -2.30. The van der Waals surface area contributed by atoms with E-state index in [4.69, 9.17) is 10.6 Å². The summed E-state index contributed by atoms with van der Waals surface area (Å²) >= 11 is 0. The topological polar surface area (TPSA) is 73.1 Å². The van der Waals surface area contributed by atoms with Gasteiger partial charge in [0.1, 0.15) is 6.33 Å². The van der Waals surface area contributed by atoms with Crippen LogP contribution in [0.1, 0.15) is 37.4 Å².